The predicted molar refractivity (Wildman–Crippen MR) is 105 cm³/mol. The number of methoxy groups -OCH3 is 1. The quantitative estimate of drug-likeness (QED) is 0.747. The van der Waals surface area contributed by atoms with E-state index in [2.05, 4.69) is 41.1 Å². The molecule has 1 heterocycles. The van der Waals surface area contributed by atoms with E-state index in [-0.39, 0.29) is 0 Å². The lowest BCUT2D eigenvalue weighted by atomic mass is 10.1. The van der Waals surface area contributed by atoms with E-state index in [1.165, 1.54) is 5.69 Å². The Morgan fingerprint density at radius 3 is 2.20 bits per heavy atom. The Balaban J connectivity index is 1.64. The first-order chi connectivity index (χ1) is 12.2. The fourth-order valence-corrected chi connectivity index (χ4v) is 3.12. The van der Waals surface area contributed by atoms with Crippen LogP contribution in [0.2, 0.25) is 5.02 Å². The van der Waals surface area contributed by atoms with Gasteiger partial charge in [-0.25, -0.2) is 0 Å². The van der Waals surface area contributed by atoms with Crippen LogP contribution in [0, 0.1) is 0 Å². The lowest BCUT2D eigenvalue weighted by Gasteiger charge is -2.35. The first-order valence-electron chi connectivity index (χ1n) is 8.67. The predicted octanol–water partition coefficient (Wildman–Crippen LogP) is 4.28. The van der Waals surface area contributed by atoms with Crippen molar-refractivity contribution >= 4 is 23.0 Å². The molecule has 0 amide bonds. The Morgan fingerprint density at radius 2 is 1.64 bits per heavy atom. The zero-order chi connectivity index (χ0) is 17.6. The van der Waals surface area contributed by atoms with Crippen LogP contribution in [0.4, 0.5) is 5.69 Å². The minimum absolute atomic E-state index is 0.777. The van der Waals surface area contributed by atoms with Gasteiger partial charge in [-0.05, 0) is 60.5 Å². The second kappa shape index (κ2) is 8.26. The van der Waals surface area contributed by atoms with Gasteiger partial charge in [0.15, 0.2) is 0 Å². The number of halogens is 1. The van der Waals surface area contributed by atoms with E-state index >= 15 is 0 Å². The molecule has 1 aliphatic rings. The van der Waals surface area contributed by atoms with Crippen molar-refractivity contribution in [2.24, 2.45) is 5.10 Å². The van der Waals surface area contributed by atoms with Crippen LogP contribution < -0.4 is 9.64 Å². The van der Waals surface area contributed by atoms with E-state index in [1.54, 1.807) is 7.11 Å². The number of nitrogens with zero attached hydrogens (tertiary/aromatic N) is 3. The second-order valence-electron chi connectivity index (χ2n) is 6.05. The molecule has 0 aromatic heterocycles. The lowest BCUT2D eigenvalue weighted by molar-refractivity contribution is 0.270. The Bertz CT molecular complexity index is 705. The van der Waals surface area contributed by atoms with Crippen LogP contribution in [-0.2, 0) is 0 Å². The van der Waals surface area contributed by atoms with Gasteiger partial charge in [0.25, 0.3) is 0 Å². The zero-order valence-corrected chi connectivity index (χ0v) is 15.5. The molecule has 4 nitrogen and oxygen atoms in total. The van der Waals surface area contributed by atoms with Crippen LogP contribution in [0.5, 0.6) is 5.75 Å². The summed E-state index contributed by atoms with van der Waals surface area (Å²) in [6.07, 6.45) is 0.906. The molecule has 0 unspecified atom stereocenters. The van der Waals surface area contributed by atoms with Crippen molar-refractivity contribution in [2.45, 2.75) is 13.3 Å². The zero-order valence-electron chi connectivity index (χ0n) is 14.8. The van der Waals surface area contributed by atoms with Crippen molar-refractivity contribution in [3.05, 3.63) is 59.1 Å². The molecule has 2 aromatic carbocycles. The lowest BCUT2D eigenvalue weighted by Crippen LogP contribution is -2.44. The van der Waals surface area contributed by atoms with E-state index in [9.17, 15) is 0 Å². The van der Waals surface area contributed by atoms with Gasteiger partial charge in [-0.1, -0.05) is 18.5 Å². The average Bonchev–Trinajstić information content (AvgIpc) is 2.67. The first-order valence-corrected chi connectivity index (χ1v) is 9.04. The van der Waals surface area contributed by atoms with Crippen LogP contribution in [0.1, 0.15) is 18.9 Å². The van der Waals surface area contributed by atoms with E-state index < -0.39 is 0 Å². The molecule has 1 saturated heterocycles. The third-order valence-electron chi connectivity index (χ3n) is 4.47. The monoisotopic (exact) mass is 357 g/mol. The maximum Gasteiger partial charge on any atom is 0.118 e. The molecule has 0 radical (unpaired) electrons. The average molecular weight is 358 g/mol. The third kappa shape index (κ3) is 4.45. The summed E-state index contributed by atoms with van der Waals surface area (Å²) < 4.78 is 5.23. The van der Waals surface area contributed by atoms with E-state index in [4.69, 9.17) is 21.4 Å². The molecule has 0 atom stereocenters. The van der Waals surface area contributed by atoms with Gasteiger partial charge in [0.2, 0.25) is 0 Å². The largest absolute Gasteiger partial charge is 0.497 e. The van der Waals surface area contributed by atoms with Gasteiger partial charge in [-0.2, -0.15) is 5.10 Å². The Labute approximate surface area is 154 Å². The minimum Gasteiger partial charge on any atom is -0.497 e. The van der Waals surface area contributed by atoms with Gasteiger partial charge < -0.3 is 9.64 Å². The van der Waals surface area contributed by atoms with Crippen LogP contribution >= 0.6 is 11.6 Å². The van der Waals surface area contributed by atoms with Crippen LogP contribution in [0.15, 0.2) is 53.6 Å². The topological polar surface area (TPSA) is 28.1 Å². The van der Waals surface area contributed by atoms with Crippen molar-refractivity contribution < 1.29 is 4.74 Å². The highest BCUT2D eigenvalue weighted by molar-refractivity contribution is 6.30. The van der Waals surface area contributed by atoms with Gasteiger partial charge in [0.1, 0.15) is 5.75 Å². The molecule has 3 rings (SSSR count). The van der Waals surface area contributed by atoms with Gasteiger partial charge in [0, 0.05) is 23.8 Å². The highest BCUT2D eigenvalue weighted by atomic mass is 35.5. The van der Waals surface area contributed by atoms with Crippen LogP contribution in [0.3, 0.4) is 0 Å². The number of hydrazone groups is 1. The molecular formula is C20H24ClN3O. The van der Waals surface area contributed by atoms with Crippen molar-refractivity contribution in [2.75, 3.05) is 38.2 Å². The molecule has 1 aliphatic heterocycles. The number of hydrogen-bond donors (Lipinski definition) is 0. The van der Waals surface area contributed by atoms with Crippen LogP contribution in [0.25, 0.3) is 0 Å². The number of benzene rings is 2. The van der Waals surface area contributed by atoms with E-state index in [0.717, 1.165) is 54.6 Å². The first kappa shape index (κ1) is 17.6. The maximum atomic E-state index is 5.97. The Hall–Kier alpha value is -2.20. The van der Waals surface area contributed by atoms with Crippen molar-refractivity contribution in [3.8, 4) is 5.75 Å². The number of rotatable bonds is 5. The normalized spacial score (nSPS) is 15.4. The van der Waals surface area contributed by atoms with Crippen molar-refractivity contribution in [1.29, 1.82) is 0 Å². The smallest absolute Gasteiger partial charge is 0.118 e. The molecule has 132 valence electrons. The molecule has 2 aromatic rings. The number of ether oxygens (including phenoxy) is 1. The maximum absolute atomic E-state index is 5.97. The summed E-state index contributed by atoms with van der Waals surface area (Å²) >= 11 is 5.97. The standard InChI is InChI=1S/C20H24ClN3O/c1-3-20(16-4-10-19(25-2)11-5-16)22-24-14-12-23(13-15-24)18-8-6-17(21)7-9-18/h4-11H,3,12-15H2,1-2H3/b22-20+. The van der Waals surface area contributed by atoms with Gasteiger partial charge in [-0.3, -0.25) is 5.01 Å². The summed E-state index contributed by atoms with van der Waals surface area (Å²) in [6.45, 7) is 5.91. The molecule has 25 heavy (non-hydrogen) atoms. The number of hydrogen-bond acceptors (Lipinski definition) is 4. The van der Waals surface area contributed by atoms with Gasteiger partial charge in [0.05, 0.1) is 25.9 Å². The Morgan fingerprint density at radius 1 is 1.00 bits per heavy atom. The molecule has 0 N–H and O–H groups in total. The molecule has 0 aliphatic carbocycles. The van der Waals surface area contributed by atoms with Crippen molar-refractivity contribution in [1.82, 2.24) is 5.01 Å². The summed E-state index contributed by atoms with van der Waals surface area (Å²) in [5.41, 5.74) is 3.49. The summed E-state index contributed by atoms with van der Waals surface area (Å²) in [5, 5.41) is 7.84. The Kier molecular flexibility index (Phi) is 5.82. The molecular weight excluding hydrogens is 334 g/mol. The fraction of sp³-hybridized carbons (Fsp3) is 0.350. The summed E-state index contributed by atoms with van der Waals surface area (Å²) in [7, 11) is 1.68. The SMILES string of the molecule is CC/C(=N\N1CCN(c2ccc(Cl)cc2)CC1)c1ccc(OC)cc1. The molecule has 1 fully saturated rings. The number of piperazine rings is 1. The second-order valence-corrected chi connectivity index (χ2v) is 6.48. The van der Waals surface area contributed by atoms with E-state index in [0.29, 0.717) is 0 Å². The summed E-state index contributed by atoms with van der Waals surface area (Å²) in [5.74, 6) is 0.871. The number of anilines is 1. The fourth-order valence-electron chi connectivity index (χ4n) is 2.99. The van der Waals surface area contributed by atoms with Gasteiger partial charge in [-0.15, -0.1) is 0 Å². The molecule has 5 heteroatoms. The third-order valence-corrected chi connectivity index (χ3v) is 4.72. The minimum atomic E-state index is 0.777. The highest BCUT2D eigenvalue weighted by Crippen LogP contribution is 2.20. The summed E-state index contributed by atoms with van der Waals surface area (Å²) in [6, 6.07) is 16.2. The van der Waals surface area contributed by atoms with Crippen molar-refractivity contribution in [3.63, 3.8) is 0 Å². The molecule has 0 saturated carbocycles. The summed E-state index contributed by atoms with van der Waals surface area (Å²) in [4.78, 5) is 2.38. The van der Waals surface area contributed by atoms with Crippen LogP contribution in [-0.4, -0.2) is 44.0 Å². The van der Waals surface area contributed by atoms with E-state index in [1.807, 2.05) is 24.3 Å². The highest BCUT2D eigenvalue weighted by Gasteiger charge is 2.16. The molecule has 0 spiro atoms. The van der Waals surface area contributed by atoms with Gasteiger partial charge >= 0.3 is 0 Å². The molecule has 0 bridgehead atoms.